The fourth-order valence-electron chi connectivity index (χ4n) is 2.34. The van der Waals surface area contributed by atoms with Crippen LogP contribution in [-0.4, -0.2) is 39.0 Å². The van der Waals surface area contributed by atoms with Gasteiger partial charge in [-0.2, -0.15) is 4.31 Å². The van der Waals surface area contributed by atoms with Crippen molar-refractivity contribution in [3.63, 3.8) is 0 Å². The molecule has 21 heavy (non-hydrogen) atoms. The first-order chi connectivity index (χ1) is 9.75. The number of hydrogen-bond acceptors (Lipinski definition) is 4. The summed E-state index contributed by atoms with van der Waals surface area (Å²) >= 11 is 0. The van der Waals surface area contributed by atoms with E-state index < -0.39 is 10.0 Å². The smallest absolute Gasteiger partial charge is 0.243 e. The molecule has 0 aliphatic heterocycles. The lowest BCUT2D eigenvalue weighted by atomic mass is 10.1. The molecule has 0 atom stereocenters. The van der Waals surface area contributed by atoms with E-state index in [1.54, 1.807) is 13.2 Å². The third kappa shape index (κ3) is 4.03. The van der Waals surface area contributed by atoms with Crippen LogP contribution in [0.2, 0.25) is 0 Å². The first-order valence-corrected chi connectivity index (χ1v) is 8.50. The molecule has 0 spiro atoms. The van der Waals surface area contributed by atoms with Gasteiger partial charge < -0.3 is 10.5 Å². The molecule has 1 aromatic carbocycles. The molecule has 0 unspecified atom stereocenters. The predicted octanol–water partition coefficient (Wildman–Crippen LogP) is 1.81. The number of nitrogens with two attached hydrogens (primary N) is 1. The Hall–Kier alpha value is -0.950. The number of nitrogens with zero attached hydrogens (tertiary/aromatic N) is 1. The van der Waals surface area contributed by atoms with E-state index in [0.29, 0.717) is 24.6 Å². The number of sulfonamides is 1. The maximum atomic E-state index is 12.9. The second-order valence-corrected chi connectivity index (χ2v) is 7.31. The Morgan fingerprint density at radius 1 is 1.24 bits per heavy atom. The van der Waals surface area contributed by atoms with Gasteiger partial charge in [0.1, 0.15) is 0 Å². The summed E-state index contributed by atoms with van der Waals surface area (Å²) in [5, 5.41) is 0. The highest BCUT2D eigenvalue weighted by molar-refractivity contribution is 7.89. The van der Waals surface area contributed by atoms with Crippen molar-refractivity contribution in [2.45, 2.75) is 45.2 Å². The minimum atomic E-state index is -3.55. The fourth-order valence-corrected chi connectivity index (χ4v) is 4.22. The zero-order valence-electron chi connectivity index (χ0n) is 13.5. The summed E-state index contributed by atoms with van der Waals surface area (Å²) in [6, 6.07) is 3.44. The Balaban J connectivity index is 3.34. The number of rotatable bonds is 7. The first-order valence-electron chi connectivity index (χ1n) is 7.06. The van der Waals surface area contributed by atoms with Crippen LogP contribution in [-0.2, 0) is 21.3 Å². The molecule has 1 aromatic rings. The van der Waals surface area contributed by atoms with E-state index in [9.17, 15) is 8.42 Å². The zero-order valence-corrected chi connectivity index (χ0v) is 14.3. The van der Waals surface area contributed by atoms with Crippen LogP contribution in [0.1, 0.15) is 30.5 Å². The number of methoxy groups -OCH3 is 1. The molecule has 5 nitrogen and oxygen atoms in total. The highest BCUT2D eigenvalue weighted by atomic mass is 32.2. The zero-order chi connectivity index (χ0) is 16.2. The van der Waals surface area contributed by atoms with Gasteiger partial charge in [0.2, 0.25) is 10.0 Å². The second kappa shape index (κ2) is 7.35. The molecular formula is C15H26N2O3S. The van der Waals surface area contributed by atoms with Crippen LogP contribution in [0, 0.1) is 13.8 Å². The molecule has 0 aromatic heterocycles. The second-order valence-electron chi connectivity index (χ2n) is 5.45. The molecule has 0 aliphatic carbocycles. The Kier molecular flexibility index (Phi) is 6.34. The van der Waals surface area contributed by atoms with E-state index in [4.69, 9.17) is 10.5 Å². The van der Waals surface area contributed by atoms with Crippen molar-refractivity contribution < 1.29 is 13.2 Å². The first kappa shape index (κ1) is 18.1. The molecule has 1 rings (SSSR count). The van der Waals surface area contributed by atoms with Crippen molar-refractivity contribution in [2.75, 3.05) is 20.3 Å². The standard InChI is InChI=1S/C15H26N2O3S/c1-11(2)17(6-7-20-5)21(18,19)15-9-14(10-16)12(3)8-13(15)4/h8-9,11H,6-7,10,16H2,1-5H3. The number of benzene rings is 1. The van der Waals surface area contributed by atoms with Gasteiger partial charge in [0.15, 0.2) is 0 Å². The Morgan fingerprint density at radius 2 is 1.86 bits per heavy atom. The van der Waals surface area contributed by atoms with Crippen LogP contribution < -0.4 is 5.73 Å². The van der Waals surface area contributed by atoms with E-state index in [2.05, 4.69) is 0 Å². The topological polar surface area (TPSA) is 72.6 Å². The molecule has 0 fully saturated rings. The van der Waals surface area contributed by atoms with Gasteiger partial charge >= 0.3 is 0 Å². The highest BCUT2D eigenvalue weighted by Gasteiger charge is 2.28. The number of aryl methyl sites for hydroxylation is 2. The van der Waals surface area contributed by atoms with Crippen LogP contribution in [0.4, 0.5) is 0 Å². The molecule has 0 aliphatic rings. The normalized spacial score (nSPS) is 12.4. The van der Waals surface area contributed by atoms with Gasteiger partial charge in [-0.05, 0) is 50.5 Å². The lowest BCUT2D eigenvalue weighted by molar-refractivity contribution is 0.171. The summed E-state index contributed by atoms with van der Waals surface area (Å²) in [5.41, 5.74) is 8.32. The van der Waals surface area contributed by atoms with Crippen LogP contribution in [0.25, 0.3) is 0 Å². The average molecular weight is 314 g/mol. The van der Waals surface area contributed by atoms with Crippen molar-refractivity contribution in [1.82, 2.24) is 4.31 Å². The predicted molar refractivity (Wildman–Crippen MR) is 84.7 cm³/mol. The molecule has 120 valence electrons. The molecule has 0 heterocycles. The van der Waals surface area contributed by atoms with Gasteiger partial charge in [-0.25, -0.2) is 8.42 Å². The van der Waals surface area contributed by atoms with E-state index in [0.717, 1.165) is 16.7 Å². The lowest BCUT2D eigenvalue weighted by Crippen LogP contribution is -2.39. The maximum absolute atomic E-state index is 12.9. The van der Waals surface area contributed by atoms with Crippen LogP contribution in [0.3, 0.4) is 0 Å². The molecule has 0 radical (unpaired) electrons. The lowest BCUT2D eigenvalue weighted by Gasteiger charge is -2.26. The summed E-state index contributed by atoms with van der Waals surface area (Å²) in [4.78, 5) is 0.332. The summed E-state index contributed by atoms with van der Waals surface area (Å²) < 4.78 is 32.3. The van der Waals surface area contributed by atoms with E-state index >= 15 is 0 Å². The van der Waals surface area contributed by atoms with Gasteiger partial charge in [0.25, 0.3) is 0 Å². The summed E-state index contributed by atoms with van der Waals surface area (Å²) in [5.74, 6) is 0. The SMILES string of the molecule is COCCN(C(C)C)S(=O)(=O)c1cc(CN)c(C)cc1C. The van der Waals surface area contributed by atoms with Crippen molar-refractivity contribution in [3.05, 3.63) is 28.8 Å². The monoisotopic (exact) mass is 314 g/mol. The minimum Gasteiger partial charge on any atom is -0.383 e. The van der Waals surface area contributed by atoms with Crippen LogP contribution >= 0.6 is 0 Å². The molecule has 0 amide bonds. The van der Waals surface area contributed by atoms with Gasteiger partial charge in [0, 0.05) is 26.2 Å². The number of ether oxygens (including phenoxy) is 1. The van der Waals surface area contributed by atoms with E-state index in [1.807, 2.05) is 33.8 Å². The third-order valence-corrected chi connectivity index (χ3v) is 5.75. The summed E-state index contributed by atoms with van der Waals surface area (Å²) in [6.07, 6.45) is 0. The third-order valence-electron chi connectivity index (χ3n) is 3.53. The Labute approximate surface area is 128 Å². The molecule has 6 heteroatoms. The average Bonchev–Trinajstić information content (AvgIpc) is 2.38. The van der Waals surface area contributed by atoms with Gasteiger partial charge in [0.05, 0.1) is 11.5 Å². The van der Waals surface area contributed by atoms with E-state index in [1.165, 1.54) is 4.31 Å². The largest absolute Gasteiger partial charge is 0.383 e. The molecule has 0 bridgehead atoms. The van der Waals surface area contributed by atoms with Gasteiger partial charge in [-0.15, -0.1) is 0 Å². The highest BCUT2D eigenvalue weighted by Crippen LogP contribution is 2.25. The Bertz CT molecular complexity index is 583. The van der Waals surface area contributed by atoms with E-state index in [-0.39, 0.29) is 6.04 Å². The summed E-state index contributed by atoms with van der Waals surface area (Å²) in [6.45, 7) is 8.51. The molecule has 0 saturated carbocycles. The van der Waals surface area contributed by atoms with Crippen molar-refractivity contribution in [3.8, 4) is 0 Å². The minimum absolute atomic E-state index is 0.132. The van der Waals surface area contributed by atoms with Gasteiger partial charge in [-0.1, -0.05) is 6.07 Å². The van der Waals surface area contributed by atoms with Crippen molar-refractivity contribution >= 4 is 10.0 Å². The quantitative estimate of drug-likeness (QED) is 0.833. The maximum Gasteiger partial charge on any atom is 0.243 e. The summed E-state index contributed by atoms with van der Waals surface area (Å²) in [7, 11) is -1.99. The van der Waals surface area contributed by atoms with Crippen molar-refractivity contribution in [1.29, 1.82) is 0 Å². The molecule has 0 saturated heterocycles. The molecule has 2 N–H and O–H groups in total. The van der Waals surface area contributed by atoms with Crippen molar-refractivity contribution in [2.24, 2.45) is 5.73 Å². The van der Waals surface area contributed by atoms with Gasteiger partial charge in [-0.3, -0.25) is 0 Å². The van der Waals surface area contributed by atoms with Crippen LogP contribution in [0.15, 0.2) is 17.0 Å². The fraction of sp³-hybridized carbons (Fsp3) is 0.600. The Morgan fingerprint density at radius 3 is 2.33 bits per heavy atom. The molecular weight excluding hydrogens is 288 g/mol. The van der Waals surface area contributed by atoms with Crippen LogP contribution in [0.5, 0.6) is 0 Å². The number of hydrogen-bond donors (Lipinski definition) is 1.